The van der Waals surface area contributed by atoms with Crippen LogP contribution in [0.5, 0.6) is 0 Å². The van der Waals surface area contributed by atoms with E-state index < -0.39 is 0 Å². The first kappa shape index (κ1) is 19.7. The number of nitrogens with zero attached hydrogens (tertiary/aromatic N) is 1. The predicted molar refractivity (Wildman–Crippen MR) is 107 cm³/mol. The van der Waals surface area contributed by atoms with Crippen LogP contribution >= 0.6 is 23.2 Å². The van der Waals surface area contributed by atoms with Crippen LogP contribution in [0.1, 0.15) is 20.7 Å². The van der Waals surface area contributed by atoms with E-state index in [1.807, 2.05) is 4.90 Å². The molecule has 2 aromatic carbocycles. The molecule has 1 saturated heterocycles. The highest BCUT2D eigenvalue weighted by Gasteiger charge is 2.24. The summed E-state index contributed by atoms with van der Waals surface area (Å²) in [5, 5.41) is 4.17. The summed E-state index contributed by atoms with van der Waals surface area (Å²) in [6, 6.07) is 13.8. The third kappa shape index (κ3) is 5.45. The normalized spacial score (nSPS) is 14.8. The molecule has 1 fully saturated rings. The first-order valence-electron chi connectivity index (χ1n) is 8.95. The van der Waals surface area contributed by atoms with E-state index in [0.717, 1.165) is 19.6 Å². The van der Waals surface area contributed by atoms with Gasteiger partial charge in [-0.1, -0.05) is 23.2 Å². The number of nitrogens with one attached hydrogen (secondary N) is 2. The van der Waals surface area contributed by atoms with Crippen molar-refractivity contribution in [1.82, 2.24) is 10.2 Å². The summed E-state index contributed by atoms with van der Waals surface area (Å²) in [6.07, 6.45) is 0. The van der Waals surface area contributed by atoms with Crippen molar-refractivity contribution >= 4 is 35.0 Å². The zero-order valence-electron chi connectivity index (χ0n) is 14.9. The standard InChI is InChI=1S/C20H21Cl2N3O2/c21-17-5-1-15(2-6-17)19(26)23-9-10-24-11-13-25(14-12-24)20(27)16-3-7-18(22)8-4-16/h1-8H,9-14H2,(H,23,26)/p+1. The number of hydrogen-bond acceptors (Lipinski definition) is 2. The monoisotopic (exact) mass is 406 g/mol. The van der Waals surface area contributed by atoms with Crippen LogP contribution in [0.25, 0.3) is 0 Å². The molecule has 0 spiro atoms. The van der Waals surface area contributed by atoms with Crippen molar-refractivity contribution in [3.63, 3.8) is 0 Å². The van der Waals surface area contributed by atoms with Crippen LogP contribution in [-0.4, -0.2) is 56.0 Å². The number of quaternary nitrogens is 1. The van der Waals surface area contributed by atoms with Gasteiger partial charge in [0.25, 0.3) is 11.8 Å². The Bertz CT molecular complexity index is 783. The van der Waals surface area contributed by atoms with Crippen molar-refractivity contribution in [2.45, 2.75) is 0 Å². The van der Waals surface area contributed by atoms with Crippen molar-refractivity contribution in [3.05, 3.63) is 69.7 Å². The van der Waals surface area contributed by atoms with Crippen molar-refractivity contribution in [2.75, 3.05) is 39.3 Å². The Hall–Kier alpha value is -2.08. The van der Waals surface area contributed by atoms with Gasteiger partial charge in [-0.25, -0.2) is 0 Å². The lowest BCUT2D eigenvalue weighted by molar-refractivity contribution is -0.902. The molecule has 1 heterocycles. The van der Waals surface area contributed by atoms with E-state index in [1.54, 1.807) is 48.5 Å². The van der Waals surface area contributed by atoms with E-state index >= 15 is 0 Å². The van der Waals surface area contributed by atoms with Gasteiger partial charge in [0.05, 0.1) is 39.3 Å². The fourth-order valence-corrected chi connectivity index (χ4v) is 3.36. The molecule has 0 aliphatic carbocycles. The number of hydrogen-bond donors (Lipinski definition) is 2. The largest absolute Gasteiger partial charge is 0.346 e. The van der Waals surface area contributed by atoms with Crippen LogP contribution in [0.2, 0.25) is 10.0 Å². The Kier molecular flexibility index (Phi) is 6.72. The first-order valence-corrected chi connectivity index (χ1v) is 9.71. The summed E-state index contributed by atoms with van der Waals surface area (Å²) in [4.78, 5) is 27.9. The summed E-state index contributed by atoms with van der Waals surface area (Å²) in [7, 11) is 0. The van der Waals surface area contributed by atoms with Crippen molar-refractivity contribution in [1.29, 1.82) is 0 Å². The van der Waals surface area contributed by atoms with Gasteiger partial charge in [-0.15, -0.1) is 0 Å². The Morgan fingerprint density at radius 3 is 1.96 bits per heavy atom. The minimum absolute atomic E-state index is 0.0433. The molecule has 27 heavy (non-hydrogen) atoms. The maximum Gasteiger partial charge on any atom is 0.254 e. The third-order valence-corrected chi connectivity index (χ3v) is 5.22. The molecule has 0 unspecified atom stereocenters. The first-order chi connectivity index (χ1) is 13.0. The second kappa shape index (κ2) is 9.22. The van der Waals surface area contributed by atoms with Crippen LogP contribution in [0.4, 0.5) is 0 Å². The van der Waals surface area contributed by atoms with Gasteiger partial charge in [0.2, 0.25) is 0 Å². The summed E-state index contributed by atoms with van der Waals surface area (Å²) in [6.45, 7) is 4.60. The van der Waals surface area contributed by atoms with Gasteiger partial charge in [-0.05, 0) is 48.5 Å². The SMILES string of the molecule is O=C(NCC[NH+]1CCN(C(=O)c2ccc(Cl)cc2)CC1)c1ccc(Cl)cc1. The molecule has 0 atom stereocenters. The lowest BCUT2D eigenvalue weighted by Crippen LogP contribution is -3.15. The van der Waals surface area contributed by atoms with Crippen molar-refractivity contribution in [2.24, 2.45) is 0 Å². The molecule has 2 amide bonds. The minimum atomic E-state index is -0.0948. The molecule has 5 nitrogen and oxygen atoms in total. The molecule has 0 aromatic heterocycles. The number of amides is 2. The molecule has 142 valence electrons. The molecular formula is C20H22Cl2N3O2+. The summed E-state index contributed by atoms with van der Waals surface area (Å²) < 4.78 is 0. The fourth-order valence-electron chi connectivity index (χ4n) is 3.11. The summed E-state index contributed by atoms with van der Waals surface area (Å²) in [5.74, 6) is -0.0515. The number of piperazine rings is 1. The quantitative estimate of drug-likeness (QED) is 0.794. The molecule has 2 N–H and O–H groups in total. The maximum absolute atomic E-state index is 12.5. The second-order valence-electron chi connectivity index (χ2n) is 6.56. The van der Waals surface area contributed by atoms with E-state index in [4.69, 9.17) is 23.2 Å². The van der Waals surface area contributed by atoms with Gasteiger partial charge in [-0.3, -0.25) is 9.59 Å². The van der Waals surface area contributed by atoms with Crippen molar-refractivity contribution in [3.8, 4) is 0 Å². The molecule has 1 aliphatic heterocycles. The molecule has 0 saturated carbocycles. The Morgan fingerprint density at radius 1 is 0.889 bits per heavy atom. The topological polar surface area (TPSA) is 53.9 Å². The average Bonchev–Trinajstić information content (AvgIpc) is 2.69. The fraction of sp³-hybridized carbons (Fsp3) is 0.300. The average molecular weight is 407 g/mol. The molecule has 7 heteroatoms. The Balaban J connectivity index is 1.40. The molecule has 0 radical (unpaired) electrons. The second-order valence-corrected chi connectivity index (χ2v) is 7.43. The zero-order valence-corrected chi connectivity index (χ0v) is 16.4. The van der Waals surface area contributed by atoms with E-state index in [0.29, 0.717) is 40.8 Å². The lowest BCUT2D eigenvalue weighted by atomic mass is 10.2. The Labute approximate surface area is 168 Å². The molecular weight excluding hydrogens is 385 g/mol. The van der Waals surface area contributed by atoms with Crippen LogP contribution in [-0.2, 0) is 0 Å². The Morgan fingerprint density at radius 2 is 1.41 bits per heavy atom. The summed E-state index contributed by atoms with van der Waals surface area (Å²) in [5.41, 5.74) is 1.27. The van der Waals surface area contributed by atoms with Gasteiger partial charge in [0.15, 0.2) is 0 Å². The number of rotatable bonds is 5. The van der Waals surface area contributed by atoms with E-state index in [2.05, 4.69) is 5.32 Å². The molecule has 3 rings (SSSR count). The van der Waals surface area contributed by atoms with Crippen LogP contribution < -0.4 is 10.2 Å². The van der Waals surface area contributed by atoms with Gasteiger partial charge in [0, 0.05) is 21.2 Å². The zero-order chi connectivity index (χ0) is 19.2. The van der Waals surface area contributed by atoms with Gasteiger partial charge < -0.3 is 15.1 Å². The highest BCUT2D eigenvalue weighted by molar-refractivity contribution is 6.31. The molecule has 2 aromatic rings. The smallest absolute Gasteiger partial charge is 0.254 e. The molecule has 0 bridgehead atoms. The number of carbonyl (C=O) groups is 2. The van der Waals surface area contributed by atoms with Crippen LogP contribution in [0.15, 0.2) is 48.5 Å². The van der Waals surface area contributed by atoms with Gasteiger partial charge in [-0.2, -0.15) is 0 Å². The van der Waals surface area contributed by atoms with Gasteiger partial charge in [0.1, 0.15) is 0 Å². The van der Waals surface area contributed by atoms with E-state index in [1.165, 1.54) is 4.90 Å². The third-order valence-electron chi connectivity index (χ3n) is 4.72. The van der Waals surface area contributed by atoms with Crippen molar-refractivity contribution < 1.29 is 14.5 Å². The predicted octanol–water partition coefficient (Wildman–Crippen LogP) is 1.76. The highest BCUT2D eigenvalue weighted by Crippen LogP contribution is 2.12. The van der Waals surface area contributed by atoms with Gasteiger partial charge >= 0.3 is 0 Å². The van der Waals surface area contributed by atoms with E-state index in [-0.39, 0.29) is 11.8 Å². The minimum Gasteiger partial charge on any atom is -0.346 e. The lowest BCUT2D eigenvalue weighted by Gasteiger charge is -2.32. The highest BCUT2D eigenvalue weighted by atomic mass is 35.5. The van der Waals surface area contributed by atoms with Crippen LogP contribution in [0, 0.1) is 0 Å². The number of carbonyl (C=O) groups excluding carboxylic acids is 2. The number of halogens is 2. The number of benzene rings is 2. The van der Waals surface area contributed by atoms with E-state index in [9.17, 15) is 9.59 Å². The van der Waals surface area contributed by atoms with Crippen LogP contribution in [0.3, 0.4) is 0 Å². The maximum atomic E-state index is 12.5. The summed E-state index contributed by atoms with van der Waals surface area (Å²) >= 11 is 11.7. The molecule has 1 aliphatic rings.